The molecule has 0 aliphatic heterocycles. The van der Waals surface area contributed by atoms with Gasteiger partial charge < -0.3 is 14.3 Å². The van der Waals surface area contributed by atoms with E-state index in [1.54, 1.807) is 26.0 Å². The van der Waals surface area contributed by atoms with E-state index < -0.39 is 23.0 Å². The van der Waals surface area contributed by atoms with E-state index in [1.807, 2.05) is 6.07 Å². The van der Waals surface area contributed by atoms with Crippen LogP contribution < -0.4 is 0 Å². The van der Waals surface area contributed by atoms with Crippen LogP contribution in [0.1, 0.15) is 33.3 Å². The molecule has 0 aliphatic carbocycles. The third-order valence-electron chi connectivity index (χ3n) is 3.22. The number of benzene rings is 1. The Labute approximate surface area is 110 Å². The van der Waals surface area contributed by atoms with E-state index in [9.17, 15) is 9.59 Å². The van der Waals surface area contributed by atoms with Gasteiger partial charge in [-0.1, -0.05) is 0 Å². The lowest BCUT2D eigenvalue weighted by molar-refractivity contribution is -0.176. The standard InChI is InChI=1S/C14H16O5/c1-13(2,11(15)16)12(17)19-14(3,4)9-7-8-5-6-10(9)18-8/h5-7H,1-4H3,(H,15,16). The molecule has 0 fully saturated rings. The fourth-order valence-corrected chi connectivity index (χ4v) is 1.76. The summed E-state index contributed by atoms with van der Waals surface area (Å²) < 4.78 is 10.8. The largest absolute Gasteiger partial charge is 0.480 e. The molecule has 0 radical (unpaired) electrons. The average Bonchev–Trinajstić information content (AvgIpc) is 2.89. The molecule has 0 amide bonds. The van der Waals surface area contributed by atoms with Gasteiger partial charge in [-0.05, 0) is 45.9 Å². The Morgan fingerprint density at radius 1 is 1.21 bits per heavy atom. The van der Waals surface area contributed by atoms with Crippen molar-refractivity contribution >= 4 is 23.1 Å². The molecule has 0 atom stereocenters. The Balaban J connectivity index is 2.24. The van der Waals surface area contributed by atoms with Crippen molar-refractivity contribution in [3.8, 4) is 0 Å². The monoisotopic (exact) mass is 264 g/mol. The summed E-state index contributed by atoms with van der Waals surface area (Å²) in [4.78, 5) is 23.0. The third kappa shape index (κ3) is 2.16. The van der Waals surface area contributed by atoms with Crippen LogP contribution in [0.3, 0.4) is 0 Å². The molecule has 2 aromatic heterocycles. The van der Waals surface area contributed by atoms with Gasteiger partial charge in [0, 0.05) is 5.56 Å². The summed E-state index contributed by atoms with van der Waals surface area (Å²) in [6, 6.07) is 5.40. The molecule has 0 saturated carbocycles. The molecule has 0 aliphatic rings. The summed E-state index contributed by atoms with van der Waals surface area (Å²) >= 11 is 0. The lowest BCUT2D eigenvalue weighted by Crippen LogP contribution is -2.39. The molecule has 19 heavy (non-hydrogen) atoms. The number of rotatable bonds is 4. The minimum Gasteiger partial charge on any atom is -0.480 e. The molecule has 5 nitrogen and oxygen atoms in total. The van der Waals surface area contributed by atoms with Gasteiger partial charge in [0.2, 0.25) is 0 Å². The van der Waals surface area contributed by atoms with Gasteiger partial charge in [-0.25, -0.2) is 0 Å². The summed E-state index contributed by atoms with van der Waals surface area (Å²) in [5, 5.41) is 9.02. The Morgan fingerprint density at radius 3 is 2.26 bits per heavy atom. The van der Waals surface area contributed by atoms with Crippen molar-refractivity contribution < 1.29 is 23.8 Å². The summed E-state index contributed by atoms with van der Waals surface area (Å²) in [7, 11) is 0. The van der Waals surface area contributed by atoms with Gasteiger partial charge in [0.15, 0.2) is 5.41 Å². The van der Waals surface area contributed by atoms with Crippen molar-refractivity contribution in [3.63, 3.8) is 0 Å². The maximum Gasteiger partial charge on any atom is 0.323 e. The molecule has 0 spiro atoms. The summed E-state index contributed by atoms with van der Waals surface area (Å²) in [6.45, 7) is 6.06. The Kier molecular flexibility index (Phi) is 2.81. The third-order valence-corrected chi connectivity index (χ3v) is 3.22. The van der Waals surface area contributed by atoms with E-state index in [-0.39, 0.29) is 0 Å². The maximum atomic E-state index is 12.0. The van der Waals surface area contributed by atoms with Gasteiger partial charge in [0.05, 0.1) is 0 Å². The first-order chi connectivity index (χ1) is 8.64. The number of fused-ring (bicyclic) bond motifs is 2. The van der Waals surface area contributed by atoms with Crippen molar-refractivity contribution in [2.45, 2.75) is 33.3 Å². The van der Waals surface area contributed by atoms with E-state index in [2.05, 4.69) is 0 Å². The molecule has 1 N–H and O–H groups in total. The van der Waals surface area contributed by atoms with E-state index >= 15 is 0 Å². The van der Waals surface area contributed by atoms with E-state index in [1.165, 1.54) is 13.8 Å². The highest BCUT2D eigenvalue weighted by Gasteiger charge is 2.41. The first kappa shape index (κ1) is 13.4. The van der Waals surface area contributed by atoms with Crippen LogP contribution in [0, 0.1) is 5.41 Å². The molecule has 0 unspecified atom stereocenters. The minimum absolute atomic E-state index is 0.640. The minimum atomic E-state index is -1.58. The fourth-order valence-electron chi connectivity index (χ4n) is 1.76. The molecular formula is C14H16O5. The van der Waals surface area contributed by atoms with Gasteiger partial charge in [0.1, 0.15) is 16.8 Å². The van der Waals surface area contributed by atoms with Crippen molar-refractivity contribution in [2.75, 3.05) is 0 Å². The van der Waals surface area contributed by atoms with Crippen LogP contribution in [0.15, 0.2) is 22.6 Å². The van der Waals surface area contributed by atoms with Crippen molar-refractivity contribution in [2.24, 2.45) is 5.41 Å². The smallest absolute Gasteiger partial charge is 0.323 e. The number of carbonyl (C=O) groups excluding carboxylic acids is 1. The Bertz CT molecular complexity index is 620. The highest BCUT2D eigenvalue weighted by atomic mass is 16.6. The predicted octanol–water partition coefficient (Wildman–Crippen LogP) is 2.76. The number of carbonyl (C=O) groups is 2. The van der Waals surface area contributed by atoms with Crippen LogP contribution in [-0.4, -0.2) is 17.0 Å². The van der Waals surface area contributed by atoms with Crippen LogP contribution in [0.4, 0.5) is 0 Å². The van der Waals surface area contributed by atoms with Crippen LogP contribution in [0.25, 0.3) is 11.2 Å². The van der Waals surface area contributed by atoms with Crippen molar-refractivity contribution in [3.05, 3.63) is 23.8 Å². The highest BCUT2D eigenvalue weighted by Crippen LogP contribution is 2.35. The van der Waals surface area contributed by atoms with Crippen LogP contribution in [0.2, 0.25) is 0 Å². The number of furan rings is 2. The molecule has 2 rings (SSSR count). The molecular weight excluding hydrogens is 248 g/mol. The molecule has 102 valence electrons. The lowest BCUT2D eigenvalue weighted by Gasteiger charge is -2.28. The van der Waals surface area contributed by atoms with Crippen LogP contribution in [-0.2, 0) is 19.9 Å². The van der Waals surface area contributed by atoms with Gasteiger partial charge in [-0.3, -0.25) is 9.59 Å². The van der Waals surface area contributed by atoms with Gasteiger partial charge in [-0.2, -0.15) is 0 Å². The molecule has 0 aromatic carbocycles. The fraction of sp³-hybridized carbons (Fsp3) is 0.429. The average molecular weight is 264 g/mol. The second-order valence-electron chi connectivity index (χ2n) is 5.59. The number of aliphatic carboxylic acids is 1. The molecule has 2 aromatic rings. The molecule has 0 saturated heterocycles. The normalized spacial score (nSPS) is 12.8. The summed E-state index contributed by atoms with van der Waals surface area (Å²) in [6.07, 6.45) is 0. The number of hydrogen-bond acceptors (Lipinski definition) is 4. The second-order valence-corrected chi connectivity index (χ2v) is 5.59. The Morgan fingerprint density at radius 2 is 1.84 bits per heavy atom. The topological polar surface area (TPSA) is 76.7 Å². The van der Waals surface area contributed by atoms with Crippen LogP contribution in [0.5, 0.6) is 0 Å². The number of carboxylic acid groups (broad SMARTS) is 1. The van der Waals surface area contributed by atoms with Gasteiger partial charge in [0.25, 0.3) is 0 Å². The second kappa shape index (κ2) is 3.98. The van der Waals surface area contributed by atoms with E-state index in [0.29, 0.717) is 11.2 Å². The highest BCUT2D eigenvalue weighted by molar-refractivity contribution is 5.98. The summed E-state index contributed by atoms with van der Waals surface area (Å²) in [5.41, 5.74) is -0.442. The number of carboxylic acids is 1. The van der Waals surface area contributed by atoms with Crippen molar-refractivity contribution in [1.29, 1.82) is 0 Å². The quantitative estimate of drug-likeness (QED) is 0.678. The maximum absolute atomic E-state index is 12.0. The Hall–Kier alpha value is -2.04. The zero-order chi connectivity index (χ0) is 14.4. The van der Waals surface area contributed by atoms with Gasteiger partial charge in [-0.15, -0.1) is 0 Å². The zero-order valence-corrected chi connectivity index (χ0v) is 11.3. The SMILES string of the molecule is CC(C)(C(=O)O)C(=O)OC(C)(C)c1cc2ccc1o2. The van der Waals surface area contributed by atoms with Crippen LogP contribution >= 0.6 is 0 Å². The van der Waals surface area contributed by atoms with E-state index in [0.717, 1.165) is 5.56 Å². The number of ether oxygens (including phenoxy) is 1. The molecule has 2 bridgehead atoms. The number of hydrogen-bond donors (Lipinski definition) is 1. The first-order valence-electron chi connectivity index (χ1n) is 5.94. The van der Waals surface area contributed by atoms with Crippen molar-refractivity contribution in [1.82, 2.24) is 0 Å². The lowest BCUT2D eigenvalue weighted by atomic mass is 9.92. The first-order valence-corrected chi connectivity index (χ1v) is 5.94. The summed E-state index contributed by atoms with van der Waals surface area (Å²) in [5.74, 6) is -1.99. The zero-order valence-electron chi connectivity index (χ0n) is 11.3. The molecule has 2 heterocycles. The van der Waals surface area contributed by atoms with Gasteiger partial charge >= 0.3 is 11.9 Å². The molecule has 5 heteroatoms. The predicted molar refractivity (Wildman–Crippen MR) is 67.9 cm³/mol. The van der Waals surface area contributed by atoms with E-state index in [4.69, 9.17) is 14.3 Å². The number of esters is 1.